The predicted molar refractivity (Wildman–Crippen MR) is 97.4 cm³/mol. The Morgan fingerprint density at radius 1 is 0.864 bits per heavy atom. The van der Waals surface area contributed by atoms with Gasteiger partial charge >= 0.3 is 0 Å². The van der Waals surface area contributed by atoms with Crippen LogP contribution >= 0.6 is 0 Å². The summed E-state index contributed by atoms with van der Waals surface area (Å²) in [5, 5.41) is 3.55. The Labute approximate surface area is 137 Å². The topological polar surface area (TPSA) is 21.8 Å². The van der Waals surface area contributed by atoms with Gasteiger partial charge in [0.2, 0.25) is 0 Å². The van der Waals surface area contributed by atoms with Crippen LogP contribution in [0.3, 0.4) is 0 Å². The minimum Gasteiger partial charge on any atom is -0.314 e. The zero-order valence-corrected chi connectivity index (χ0v) is 14.4. The Kier molecular flexibility index (Phi) is 10.1. The van der Waals surface area contributed by atoms with Crippen LogP contribution < -0.4 is 5.32 Å². The second-order valence-corrected chi connectivity index (χ2v) is 6.16. The average molecular weight is 306 g/mol. The quantitative estimate of drug-likeness (QED) is 0.750. The second-order valence-electron chi connectivity index (χ2n) is 6.16. The maximum absolute atomic E-state index is 4.06. The van der Waals surface area contributed by atoms with Gasteiger partial charge < -0.3 is 5.32 Å². The third-order valence-corrected chi connectivity index (χ3v) is 3.94. The van der Waals surface area contributed by atoms with Crippen molar-refractivity contribution >= 4 is 0 Å². The summed E-state index contributed by atoms with van der Waals surface area (Å²) < 4.78 is 0. The van der Waals surface area contributed by atoms with Gasteiger partial charge in [-0.3, -0.25) is 14.7 Å². The molecule has 1 N–H and O–H groups in total. The Bertz CT molecular complexity index is 340. The van der Waals surface area contributed by atoms with Crippen LogP contribution in [-0.4, -0.2) is 86.7 Å². The lowest BCUT2D eigenvalue weighted by atomic mass is 10.3. The minimum absolute atomic E-state index is 0.959. The van der Waals surface area contributed by atoms with Crippen molar-refractivity contribution in [3.63, 3.8) is 0 Å². The smallest absolute Gasteiger partial charge is 0.0188 e. The van der Waals surface area contributed by atoms with Crippen molar-refractivity contribution in [3.05, 3.63) is 37.5 Å². The van der Waals surface area contributed by atoms with Gasteiger partial charge in [0.25, 0.3) is 0 Å². The van der Waals surface area contributed by atoms with Crippen molar-refractivity contribution in [2.75, 3.05) is 72.0 Å². The molecule has 0 aromatic rings. The van der Waals surface area contributed by atoms with Gasteiger partial charge in [0.05, 0.1) is 0 Å². The zero-order valence-electron chi connectivity index (χ0n) is 14.4. The highest BCUT2D eigenvalue weighted by Crippen LogP contribution is 2.00. The summed E-state index contributed by atoms with van der Waals surface area (Å²) in [5.41, 5.74) is 1.24. The van der Waals surface area contributed by atoms with E-state index in [1.54, 1.807) is 0 Å². The third-order valence-electron chi connectivity index (χ3n) is 3.94. The molecule has 1 aliphatic rings. The van der Waals surface area contributed by atoms with Gasteiger partial charge in [-0.05, 0) is 6.92 Å². The van der Waals surface area contributed by atoms with Gasteiger partial charge in [-0.2, -0.15) is 0 Å². The van der Waals surface area contributed by atoms with E-state index >= 15 is 0 Å². The molecule has 126 valence electrons. The third kappa shape index (κ3) is 8.49. The molecule has 1 saturated heterocycles. The Hall–Kier alpha value is -0.940. The molecule has 0 aliphatic carbocycles. The lowest BCUT2D eigenvalue weighted by molar-refractivity contribution is 0.189. The molecule has 0 unspecified atom stereocenters. The van der Waals surface area contributed by atoms with Crippen LogP contribution in [-0.2, 0) is 0 Å². The summed E-state index contributed by atoms with van der Waals surface area (Å²) in [5.74, 6) is 0. The van der Waals surface area contributed by atoms with E-state index in [9.17, 15) is 0 Å². The fourth-order valence-corrected chi connectivity index (χ4v) is 2.77. The summed E-state index contributed by atoms with van der Waals surface area (Å²) in [7, 11) is 0. The molecule has 22 heavy (non-hydrogen) atoms. The van der Waals surface area contributed by atoms with Crippen molar-refractivity contribution in [2.45, 2.75) is 6.92 Å². The van der Waals surface area contributed by atoms with Gasteiger partial charge in [0.15, 0.2) is 0 Å². The van der Waals surface area contributed by atoms with E-state index in [2.05, 4.69) is 46.7 Å². The maximum atomic E-state index is 4.06. The lowest BCUT2D eigenvalue weighted by Crippen LogP contribution is -2.45. The molecule has 4 heteroatoms. The molecule has 4 nitrogen and oxygen atoms in total. The largest absolute Gasteiger partial charge is 0.314 e. The number of hydrogen-bond acceptors (Lipinski definition) is 4. The first kappa shape index (κ1) is 19.1. The van der Waals surface area contributed by atoms with Crippen LogP contribution in [0.25, 0.3) is 0 Å². The highest BCUT2D eigenvalue weighted by Gasteiger charge is 2.12. The SMILES string of the molecule is C=CCN1CCNCCN(CC(=C)C)CCN(CC=C)CC1. The molecular formula is C18H34N4. The average Bonchev–Trinajstić information content (AvgIpc) is 2.46. The van der Waals surface area contributed by atoms with Crippen LogP contribution in [0.1, 0.15) is 6.92 Å². The molecular weight excluding hydrogens is 272 g/mol. The molecule has 1 heterocycles. The molecule has 0 aromatic heterocycles. The minimum atomic E-state index is 0.959. The van der Waals surface area contributed by atoms with Gasteiger partial charge in [-0.25, -0.2) is 0 Å². The van der Waals surface area contributed by atoms with E-state index in [-0.39, 0.29) is 0 Å². The van der Waals surface area contributed by atoms with Crippen LogP contribution in [0, 0.1) is 0 Å². The van der Waals surface area contributed by atoms with Gasteiger partial charge in [0, 0.05) is 72.0 Å². The van der Waals surface area contributed by atoms with E-state index in [0.717, 1.165) is 72.0 Å². The number of nitrogens with one attached hydrogen (secondary N) is 1. The van der Waals surface area contributed by atoms with Crippen LogP contribution in [0.15, 0.2) is 37.5 Å². The molecule has 0 amide bonds. The van der Waals surface area contributed by atoms with E-state index in [1.807, 2.05) is 12.2 Å². The van der Waals surface area contributed by atoms with Gasteiger partial charge in [-0.15, -0.1) is 13.2 Å². The zero-order chi connectivity index (χ0) is 16.2. The van der Waals surface area contributed by atoms with Gasteiger partial charge in [-0.1, -0.05) is 24.3 Å². The molecule has 0 atom stereocenters. The number of nitrogens with zero attached hydrogens (tertiary/aromatic N) is 3. The Balaban J connectivity index is 2.60. The first-order valence-electron chi connectivity index (χ1n) is 8.39. The molecule has 0 spiro atoms. The Morgan fingerprint density at radius 2 is 1.32 bits per heavy atom. The lowest BCUT2D eigenvalue weighted by Gasteiger charge is -2.30. The standard InChI is InChI=1S/C18H34N4/c1-5-9-20-11-7-19-8-12-22(17-18(3)4)16-15-21(10-6-2)14-13-20/h5-6,19H,1-3,7-17H2,4H3. The summed E-state index contributed by atoms with van der Waals surface area (Å²) in [6.45, 7) is 25.4. The Morgan fingerprint density at radius 3 is 1.82 bits per heavy atom. The van der Waals surface area contributed by atoms with Crippen LogP contribution in [0.4, 0.5) is 0 Å². The van der Waals surface area contributed by atoms with Crippen molar-refractivity contribution in [3.8, 4) is 0 Å². The van der Waals surface area contributed by atoms with Gasteiger partial charge in [0.1, 0.15) is 0 Å². The van der Waals surface area contributed by atoms with E-state index in [4.69, 9.17) is 0 Å². The molecule has 0 radical (unpaired) electrons. The second kappa shape index (κ2) is 11.6. The summed E-state index contributed by atoms with van der Waals surface area (Å²) >= 11 is 0. The van der Waals surface area contributed by atoms with Crippen molar-refractivity contribution in [2.24, 2.45) is 0 Å². The monoisotopic (exact) mass is 306 g/mol. The fourth-order valence-electron chi connectivity index (χ4n) is 2.77. The highest BCUT2D eigenvalue weighted by molar-refractivity contribution is 4.92. The molecule has 1 aliphatic heterocycles. The fraction of sp³-hybridized carbons (Fsp3) is 0.667. The molecule has 1 rings (SSSR count). The summed E-state index contributed by atoms with van der Waals surface area (Å²) in [4.78, 5) is 7.45. The van der Waals surface area contributed by atoms with Crippen molar-refractivity contribution in [1.82, 2.24) is 20.0 Å². The number of hydrogen-bond donors (Lipinski definition) is 1. The maximum Gasteiger partial charge on any atom is 0.0188 e. The van der Waals surface area contributed by atoms with Crippen LogP contribution in [0.5, 0.6) is 0 Å². The van der Waals surface area contributed by atoms with Crippen LogP contribution in [0.2, 0.25) is 0 Å². The van der Waals surface area contributed by atoms with E-state index < -0.39 is 0 Å². The summed E-state index contributed by atoms with van der Waals surface area (Å²) in [6, 6.07) is 0. The number of rotatable bonds is 6. The normalized spacial score (nSPS) is 20.8. The molecule has 0 saturated carbocycles. The predicted octanol–water partition coefficient (Wildman–Crippen LogP) is 1.44. The first-order valence-corrected chi connectivity index (χ1v) is 8.39. The van der Waals surface area contributed by atoms with E-state index in [1.165, 1.54) is 5.57 Å². The van der Waals surface area contributed by atoms with Crippen molar-refractivity contribution < 1.29 is 0 Å². The highest BCUT2D eigenvalue weighted by atomic mass is 15.2. The summed E-state index contributed by atoms with van der Waals surface area (Å²) in [6.07, 6.45) is 4.01. The first-order chi connectivity index (χ1) is 10.7. The molecule has 0 aromatic carbocycles. The van der Waals surface area contributed by atoms with Crippen molar-refractivity contribution in [1.29, 1.82) is 0 Å². The van der Waals surface area contributed by atoms with E-state index in [0.29, 0.717) is 0 Å². The molecule has 0 bridgehead atoms. The molecule has 1 fully saturated rings.